The van der Waals surface area contributed by atoms with E-state index in [1.165, 1.54) is 38.2 Å². The topological polar surface area (TPSA) is 104 Å². The predicted octanol–water partition coefficient (Wildman–Crippen LogP) is 5.89. The van der Waals surface area contributed by atoms with Crippen molar-refractivity contribution in [2.45, 2.75) is 116 Å². The third-order valence-corrected chi connectivity index (χ3v) is 6.09. The molecule has 2 unspecified atom stereocenters. The highest BCUT2D eigenvalue weighted by molar-refractivity contribution is 7.85. The van der Waals surface area contributed by atoms with Crippen molar-refractivity contribution in [2.75, 3.05) is 5.75 Å². The molecule has 1 amide bonds. The van der Waals surface area contributed by atoms with Gasteiger partial charge in [-0.3, -0.25) is 9.35 Å². The summed E-state index contributed by atoms with van der Waals surface area (Å²) in [6, 6.07) is -1.07. The van der Waals surface area contributed by atoms with Crippen molar-refractivity contribution in [1.29, 1.82) is 0 Å². The first-order valence-corrected chi connectivity index (χ1v) is 14.3. The first-order chi connectivity index (χ1) is 15.8. The first kappa shape index (κ1) is 31.6. The highest BCUT2D eigenvalue weighted by Crippen LogP contribution is 2.10. The molecular formula is C26H47NO5S. The Morgan fingerprint density at radius 3 is 1.88 bits per heavy atom. The van der Waals surface area contributed by atoms with Crippen LogP contribution in [0.2, 0.25) is 0 Å². The summed E-state index contributed by atoms with van der Waals surface area (Å²) in [4.78, 5) is 12.2. The van der Waals surface area contributed by atoms with Crippen LogP contribution >= 0.6 is 0 Å². The van der Waals surface area contributed by atoms with Crippen molar-refractivity contribution in [1.82, 2.24) is 5.32 Å². The van der Waals surface area contributed by atoms with E-state index in [9.17, 15) is 22.9 Å². The summed E-state index contributed by atoms with van der Waals surface area (Å²) in [5.74, 6) is -1.02. The van der Waals surface area contributed by atoms with Crippen LogP contribution in [0.5, 0.6) is 0 Å². The Kier molecular flexibility index (Phi) is 20.2. The van der Waals surface area contributed by atoms with Crippen molar-refractivity contribution in [3.05, 3.63) is 36.5 Å². The minimum Gasteiger partial charge on any atom is -0.387 e. The molecule has 33 heavy (non-hydrogen) atoms. The fourth-order valence-corrected chi connectivity index (χ4v) is 4.16. The predicted molar refractivity (Wildman–Crippen MR) is 138 cm³/mol. The maximum atomic E-state index is 12.2. The van der Waals surface area contributed by atoms with Crippen LogP contribution < -0.4 is 5.32 Å². The molecule has 7 heteroatoms. The first-order valence-electron chi connectivity index (χ1n) is 12.7. The summed E-state index contributed by atoms with van der Waals surface area (Å²) < 4.78 is 31.9. The van der Waals surface area contributed by atoms with Gasteiger partial charge in [-0.05, 0) is 38.5 Å². The molecule has 192 valence electrons. The Balaban J connectivity index is 4.33. The number of aliphatic hydroxyl groups is 1. The van der Waals surface area contributed by atoms with E-state index in [0.29, 0.717) is 6.42 Å². The van der Waals surface area contributed by atoms with Gasteiger partial charge in [0.15, 0.2) is 0 Å². The minimum absolute atomic E-state index is 0.283. The van der Waals surface area contributed by atoms with E-state index in [4.69, 9.17) is 0 Å². The van der Waals surface area contributed by atoms with Gasteiger partial charge in [0.25, 0.3) is 10.1 Å². The maximum absolute atomic E-state index is 12.2. The molecule has 0 aliphatic carbocycles. The second kappa shape index (κ2) is 21.1. The zero-order valence-corrected chi connectivity index (χ0v) is 21.6. The monoisotopic (exact) mass is 485 g/mol. The maximum Gasteiger partial charge on any atom is 0.267 e. The Bertz CT molecular complexity index is 670. The summed E-state index contributed by atoms with van der Waals surface area (Å²) in [7, 11) is -4.33. The van der Waals surface area contributed by atoms with Crippen LogP contribution in [0.3, 0.4) is 0 Å². The van der Waals surface area contributed by atoms with Gasteiger partial charge in [-0.15, -0.1) is 0 Å². The second-order valence-electron chi connectivity index (χ2n) is 8.57. The number of carbonyl (C=O) groups excluding carboxylic acids is 1. The Morgan fingerprint density at radius 2 is 1.33 bits per heavy atom. The number of allylic oxidation sites excluding steroid dienone is 5. The van der Waals surface area contributed by atoms with Gasteiger partial charge >= 0.3 is 0 Å². The molecule has 0 fully saturated rings. The van der Waals surface area contributed by atoms with Crippen molar-refractivity contribution in [3.8, 4) is 0 Å². The average Bonchev–Trinajstić information content (AvgIpc) is 2.75. The largest absolute Gasteiger partial charge is 0.387 e. The van der Waals surface area contributed by atoms with Crippen LogP contribution in [0.1, 0.15) is 104 Å². The lowest BCUT2D eigenvalue weighted by Crippen LogP contribution is -2.46. The van der Waals surface area contributed by atoms with Crippen molar-refractivity contribution in [2.24, 2.45) is 0 Å². The highest BCUT2D eigenvalue weighted by atomic mass is 32.2. The van der Waals surface area contributed by atoms with Gasteiger partial charge in [0, 0.05) is 6.42 Å². The van der Waals surface area contributed by atoms with E-state index in [1.807, 2.05) is 0 Å². The fourth-order valence-electron chi connectivity index (χ4n) is 3.43. The number of amides is 1. The summed E-state index contributed by atoms with van der Waals surface area (Å²) >= 11 is 0. The molecule has 0 aromatic carbocycles. The molecule has 0 aromatic rings. The zero-order chi connectivity index (χ0) is 24.8. The van der Waals surface area contributed by atoms with E-state index in [0.717, 1.165) is 44.9 Å². The molecule has 2 atom stereocenters. The van der Waals surface area contributed by atoms with Crippen molar-refractivity contribution < 1.29 is 22.9 Å². The third-order valence-electron chi connectivity index (χ3n) is 5.31. The van der Waals surface area contributed by atoms with E-state index >= 15 is 0 Å². The highest BCUT2D eigenvalue weighted by Gasteiger charge is 2.24. The normalized spacial score (nSPS) is 14.4. The molecule has 0 saturated heterocycles. The average molecular weight is 486 g/mol. The van der Waals surface area contributed by atoms with Gasteiger partial charge in [-0.1, -0.05) is 95.2 Å². The number of carbonyl (C=O) groups is 1. The lowest BCUT2D eigenvalue weighted by Gasteiger charge is -2.21. The van der Waals surface area contributed by atoms with Crippen LogP contribution in [0.15, 0.2) is 36.5 Å². The van der Waals surface area contributed by atoms with E-state index in [-0.39, 0.29) is 12.3 Å². The summed E-state index contributed by atoms with van der Waals surface area (Å²) in [5.41, 5.74) is 0. The minimum atomic E-state index is -4.33. The van der Waals surface area contributed by atoms with Gasteiger partial charge < -0.3 is 10.4 Å². The van der Waals surface area contributed by atoms with Gasteiger partial charge in [-0.25, -0.2) is 0 Å². The number of rotatable bonds is 21. The Hall–Kier alpha value is -1.44. The van der Waals surface area contributed by atoms with E-state index in [1.54, 1.807) is 6.08 Å². The number of nitrogens with one attached hydrogen (secondary N) is 1. The van der Waals surface area contributed by atoms with Gasteiger partial charge in [-0.2, -0.15) is 8.42 Å². The SMILES string of the molecule is CC/C=C/CC/C=C/CC/C=C/C(O)C(CS(=O)(=O)O)NC(=O)CCCCCCCCCC. The van der Waals surface area contributed by atoms with Crippen molar-refractivity contribution in [3.63, 3.8) is 0 Å². The number of unbranched alkanes of at least 4 members (excludes halogenated alkanes) is 9. The molecule has 0 aliphatic heterocycles. The van der Waals surface area contributed by atoms with Crippen LogP contribution in [-0.4, -0.2) is 41.9 Å². The fraction of sp³-hybridized carbons (Fsp3) is 0.731. The van der Waals surface area contributed by atoms with Gasteiger partial charge in [0.05, 0.1) is 17.9 Å². The standard InChI is InChI=1S/C26H47NO5S/c1-3-5-7-9-11-13-14-15-17-19-21-25(28)24(23-33(30,31)32)27-26(29)22-20-18-16-12-10-8-6-4-2/h5,7,13-14,19,21,24-25,28H,3-4,6,8-12,15-18,20,22-23H2,1-2H3,(H,27,29)(H,30,31,32)/b7-5+,14-13+,21-19+. The zero-order valence-electron chi connectivity index (χ0n) is 20.8. The third kappa shape index (κ3) is 22.1. The molecule has 0 saturated carbocycles. The Labute approximate surface area is 202 Å². The van der Waals surface area contributed by atoms with Crippen LogP contribution in [-0.2, 0) is 14.9 Å². The molecule has 3 N–H and O–H groups in total. The van der Waals surface area contributed by atoms with Gasteiger partial charge in [0.1, 0.15) is 0 Å². The number of hydrogen-bond donors (Lipinski definition) is 3. The van der Waals surface area contributed by atoms with Gasteiger partial charge in [0.2, 0.25) is 5.91 Å². The van der Waals surface area contributed by atoms with Crippen LogP contribution in [0.4, 0.5) is 0 Å². The number of aliphatic hydroxyl groups excluding tert-OH is 1. The van der Waals surface area contributed by atoms with Crippen LogP contribution in [0.25, 0.3) is 0 Å². The quantitative estimate of drug-likeness (QED) is 0.107. The molecule has 0 rings (SSSR count). The molecule has 6 nitrogen and oxygen atoms in total. The second-order valence-corrected chi connectivity index (χ2v) is 10.1. The lowest BCUT2D eigenvalue weighted by molar-refractivity contribution is -0.122. The summed E-state index contributed by atoms with van der Waals surface area (Å²) in [6.45, 7) is 4.30. The molecule has 0 heterocycles. The Morgan fingerprint density at radius 1 is 0.818 bits per heavy atom. The summed E-state index contributed by atoms with van der Waals surface area (Å²) in [6.07, 6.45) is 24.4. The number of hydrogen-bond acceptors (Lipinski definition) is 4. The van der Waals surface area contributed by atoms with Crippen molar-refractivity contribution >= 4 is 16.0 Å². The smallest absolute Gasteiger partial charge is 0.267 e. The van der Waals surface area contributed by atoms with E-state index < -0.39 is 28.0 Å². The molecule has 0 aromatic heterocycles. The molecular weight excluding hydrogens is 438 g/mol. The van der Waals surface area contributed by atoms with E-state index in [2.05, 4.69) is 43.5 Å². The molecule has 0 aliphatic rings. The molecule has 0 bridgehead atoms. The molecule has 0 spiro atoms. The molecule has 0 radical (unpaired) electrons. The summed E-state index contributed by atoms with van der Waals surface area (Å²) in [5, 5.41) is 12.9. The lowest BCUT2D eigenvalue weighted by atomic mass is 10.1. The van der Waals surface area contributed by atoms with Crippen LogP contribution in [0, 0.1) is 0 Å².